The Balaban J connectivity index is 2.58. The molecule has 1 fully saturated rings. The van der Waals surface area contributed by atoms with Gasteiger partial charge in [0.05, 0.1) is 11.5 Å². The molecule has 0 aromatic heterocycles. The van der Waals surface area contributed by atoms with Crippen molar-refractivity contribution in [3.63, 3.8) is 0 Å². The van der Waals surface area contributed by atoms with E-state index in [1.165, 1.54) is 0 Å². The van der Waals surface area contributed by atoms with E-state index in [-0.39, 0.29) is 5.41 Å². The molecule has 0 spiro atoms. The molecule has 1 aromatic carbocycles. The van der Waals surface area contributed by atoms with Crippen molar-refractivity contribution in [1.82, 2.24) is 0 Å². The van der Waals surface area contributed by atoms with Crippen LogP contribution in [-0.4, -0.2) is 0 Å². The average molecular weight is 304 g/mol. The molecule has 0 heterocycles. The summed E-state index contributed by atoms with van der Waals surface area (Å²) in [6.07, 6.45) is 1.90. The molecule has 1 aliphatic carbocycles. The van der Waals surface area contributed by atoms with Crippen LogP contribution < -0.4 is 0 Å². The predicted octanol–water partition coefficient (Wildman–Crippen LogP) is 3.50. The van der Waals surface area contributed by atoms with Gasteiger partial charge in [-0.05, 0) is 47.6 Å². The number of halogens is 2. The molecule has 3 heteroatoms. The minimum Gasteiger partial charge on any atom is -0.197 e. The zero-order chi connectivity index (χ0) is 9.47. The maximum atomic E-state index is 9.05. The van der Waals surface area contributed by atoms with Crippen LogP contribution in [0.15, 0.2) is 18.2 Å². The highest BCUT2D eigenvalue weighted by Crippen LogP contribution is 2.51. The van der Waals surface area contributed by atoms with Crippen molar-refractivity contribution in [3.05, 3.63) is 32.4 Å². The molecular weight excluding hydrogens is 296 g/mol. The van der Waals surface area contributed by atoms with Crippen LogP contribution >= 0.6 is 34.2 Å². The molecule has 1 saturated carbocycles. The highest BCUT2D eigenvalue weighted by molar-refractivity contribution is 14.1. The molecule has 1 nitrogen and oxygen atoms in total. The normalized spacial score (nSPS) is 17.9. The third-order valence-corrected chi connectivity index (χ3v) is 3.62. The second kappa shape index (κ2) is 3.14. The third kappa shape index (κ3) is 1.44. The van der Waals surface area contributed by atoms with Crippen molar-refractivity contribution in [1.29, 1.82) is 5.26 Å². The highest BCUT2D eigenvalue weighted by atomic mass is 127. The summed E-state index contributed by atoms with van der Waals surface area (Å²) in [7, 11) is 0. The number of nitriles is 1. The maximum absolute atomic E-state index is 9.05. The molecule has 0 unspecified atom stereocenters. The van der Waals surface area contributed by atoms with Crippen LogP contribution in [-0.2, 0) is 5.41 Å². The zero-order valence-electron chi connectivity index (χ0n) is 6.85. The molecule has 13 heavy (non-hydrogen) atoms. The molecule has 2 rings (SSSR count). The summed E-state index contributed by atoms with van der Waals surface area (Å²) >= 11 is 8.32. The van der Waals surface area contributed by atoms with Crippen molar-refractivity contribution in [2.75, 3.05) is 0 Å². The molecule has 1 aliphatic rings. The van der Waals surface area contributed by atoms with E-state index in [0.29, 0.717) is 0 Å². The van der Waals surface area contributed by atoms with Gasteiger partial charge in [-0.15, -0.1) is 0 Å². The predicted molar refractivity (Wildman–Crippen MR) is 60.7 cm³/mol. The van der Waals surface area contributed by atoms with Gasteiger partial charge in [0.1, 0.15) is 0 Å². The topological polar surface area (TPSA) is 23.8 Å². The quantitative estimate of drug-likeness (QED) is 0.729. The molecule has 0 N–H and O–H groups in total. The first kappa shape index (κ1) is 9.29. The fourth-order valence-corrected chi connectivity index (χ4v) is 3.03. The number of rotatable bonds is 1. The van der Waals surface area contributed by atoms with E-state index in [2.05, 4.69) is 28.7 Å². The Morgan fingerprint density at radius 3 is 2.62 bits per heavy atom. The first-order valence-corrected chi connectivity index (χ1v) is 5.51. The van der Waals surface area contributed by atoms with Gasteiger partial charge in [0, 0.05) is 14.2 Å². The second-order valence-electron chi connectivity index (χ2n) is 3.29. The lowest BCUT2D eigenvalue weighted by atomic mass is 9.98. The van der Waals surface area contributed by atoms with Gasteiger partial charge in [-0.25, -0.2) is 0 Å². The van der Waals surface area contributed by atoms with Crippen molar-refractivity contribution in [2.24, 2.45) is 0 Å². The van der Waals surface area contributed by atoms with E-state index >= 15 is 0 Å². The van der Waals surface area contributed by atoms with Gasteiger partial charge in [-0.2, -0.15) is 5.26 Å². The van der Waals surface area contributed by atoms with Crippen LogP contribution in [0.25, 0.3) is 0 Å². The van der Waals surface area contributed by atoms with Gasteiger partial charge in [0.15, 0.2) is 0 Å². The molecule has 0 radical (unpaired) electrons. The summed E-state index contributed by atoms with van der Waals surface area (Å²) < 4.78 is 1.10. The Morgan fingerprint density at radius 2 is 2.15 bits per heavy atom. The molecule has 0 atom stereocenters. The summed E-state index contributed by atoms with van der Waals surface area (Å²) in [5.74, 6) is 0. The molecule has 66 valence electrons. The number of hydrogen-bond donors (Lipinski definition) is 0. The largest absolute Gasteiger partial charge is 0.197 e. The smallest absolute Gasteiger partial charge is 0.0848 e. The lowest BCUT2D eigenvalue weighted by Gasteiger charge is -2.10. The Kier molecular flexibility index (Phi) is 2.25. The van der Waals surface area contributed by atoms with Gasteiger partial charge < -0.3 is 0 Å². The Bertz CT molecular complexity index is 370. The van der Waals surface area contributed by atoms with Crippen molar-refractivity contribution in [3.8, 4) is 6.07 Å². The monoisotopic (exact) mass is 303 g/mol. The van der Waals surface area contributed by atoms with E-state index in [1.807, 2.05) is 18.2 Å². The van der Waals surface area contributed by atoms with E-state index in [0.717, 1.165) is 27.0 Å². The minimum absolute atomic E-state index is 0.269. The summed E-state index contributed by atoms with van der Waals surface area (Å²) in [4.78, 5) is 0. The summed E-state index contributed by atoms with van der Waals surface area (Å²) in [6, 6.07) is 8.14. The lowest BCUT2D eigenvalue weighted by molar-refractivity contribution is 0.901. The van der Waals surface area contributed by atoms with Gasteiger partial charge in [-0.1, -0.05) is 17.7 Å². The first-order chi connectivity index (χ1) is 6.19. The zero-order valence-corrected chi connectivity index (χ0v) is 9.76. The number of nitrogens with zero attached hydrogens (tertiary/aromatic N) is 1. The summed E-state index contributed by atoms with van der Waals surface area (Å²) in [6.45, 7) is 0. The van der Waals surface area contributed by atoms with Gasteiger partial charge >= 0.3 is 0 Å². The summed E-state index contributed by atoms with van der Waals surface area (Å²) in [5, 5.41) is 9.77. The second-order valence-corrected chi connectivity index (χ2v) is 4.86. The number of benzene rings is 1. The fourth-order valence-electron chi connectivity index (χ4n) is 1.50. The van der Waals surface area contributed by atoms with Crippen molar-refractivity contribution < 1.29 is 0 Å². The van der Waals surface area contributed by atoms with Gasteiger partial charge in [-0.3, -0.25) is 0 Å². The third-order valence-electron chi connectivity index (χ3n) is 2.41. The standard InChI is InChI=1S/C10H7ClIN/c11-7-2-1-3-8(12)9(7)10(6-13)4-5-10/h1-3H,4-5H2. The van der Waals surface area contributed by atoms with Crippen LogP contribution in [0, 0.1) is 14.9 Å². The molecule has 0 aliphatic heterocycles. The Labute approximate surface area is 95.8 Å². The maximum Gasteiger partial charge on any atom is 0.0848 e. The van der Waals surface area contributed by atoms with E-state index < -0.39 is 0 Å². The SMILES string of the molecule is N#CC1(c2c(Cl)cccc2I)CC1. The average Bonchev–Trinajstić information content (AvgIpc) is 2.85. The number of hydrogen-bond acceptors (Lipinski definition) is 1. The molecule has 0 bridgehead atoms. The molecule has 0 saturated heterocycles. The Morgan fingerprint density at radius 1 is 1.46 bits per heavy atom. The van der Waals surface area contributed by atoms with E-state index in [4.69, 9.17) is 16.9 Å². The molecular formula is C10H7ClIN. The van der Waals surface area contributed by atoms with Crippen molar-refractivity contribution >= 4 is 34.2 Å². The van der Waals surface area contributed by atoms with Gasteiger partial charge in [0.2, 0.25) is 0 Å². The molecule has 0 amide bonds. The van der Waals surface area contributed by atoms with Crippen LogP contribution in [0.4, 0.5) is 0 Å². The summed E-state index contributed by atoms with van der Waals surface area (Å²) in [5.41, 5.74) is 0.759. The fraction of sp³-hybridized carbons (Fsp3) is 0.300. The van der Waals surface area contributed by atoms with Gasteiger partial charge in [0.25, 0.3) is 0 Å². The minimum atomic E-state index is -0.269. The van der Waals surface area contributed by atoms with E-state index in [1.54, 1.807) is 0 Å². The Hall–Kier alpha value is -0.270. The first-order valence-electron chi connectivity index (χ1n) is 4.05. The van der Waals surface area contributed by atoms with E-state index in [9.17, 15) is 0 Å². The van der Waals surface area contributed by atoms with Crippen LogP contribution in [0.1, 0.15) is 18.4 Å². The van der Waals surface area contributed by atoms with Crippen LogP contribution in [0.2, 0.25) is 5.02 Å². The highest BCUT2D eigenvalue weighted by Gasteiger charge is 2.47. The van der Waals surface area contributed by atoms with Crippen LogP contribution in [0.3, 0.4) is 0 Å². The van der Waals surface area contributed by atoms with Crippen molar-refractivity contribution in [2.45, 2.75) is 18.3 Å². The molecule has 1 aromatic rings. The lowest BCUT2D eigenvalue weighted by Crippen LogP contribution is -2.05. The van der Waals surface area contributed by atoms with Crippen LogP contribution in [0.5, 0.6) is 0 Å².